The van der Waals surface area contributed by atoms with Gasteiger partial charge in [0.15, 0.2) is 0 Å². The fourth-order valence-corrected chi connectivity index (χ4v) is 4.89. The topological polar surface area (TPSA) is 49.0 Å². The highest BCUT2D eigenvalue weighted by Crippen LogP contribution is 2.17. The summed E-state index contributed by atoms with van der Waals surface area (Å²) in [5.74, 6) is 0. The van der Waals surface area contributed by atoms with Gasteiger partial charge in [-0.05, 0) is 33.7 Å². The van der Waals surface area contributed by atoms with Gasteiger partial charge in [-0.2, -0.15) is 12.6 Å². The first-order valence-corrected chi connectivity index (χ1v) is 10.6. The van der Waals surface area contributed by atoms with Crippen molar-refractivity contribution < 1.29 is 18.0 Å². The zero-order chi connectivity index (χ0) is 16.7. The van der Waals surface area contributed by atoms with Crippen LogP contribution in [0.3, 0.4) is 0 Å². The van der Waals surface area contributed by atoms with E-state index in [-0.39, 0.29) is 5.25 Å². The van der Waals surface area contributed by atoms with Crippen LogP contribution in [0.4, 0.5) is 0 Å². The Kier molecular flexibility index (Phi) is 14.8. The number of ether oxygens (including phenoxy) is 1. The summed E-state index contributed by atoms with van der Waals surface area (Å²) >= 11 is 4.48. The minimum absolute atomic E-state index is 0.188. The number of hydrogen-bond donors (Lipinski definition) is 2. The van der Waals surface area contributed by atoms with Gasteiger partial charge in [0.1, 0.15) is 0 Å². The molecular formula is C15H33NO4SSi. The minimum Gasteiger partial charge on any atom is -0.376 e. The van der Waals surface area contributed by atoms with Crippen LogP contribution in [0.5, 0.6) is 0 Å². The number of rotatable bonds is 16. The highest BCUT2D eigenvalue weighted by molar-refractivity contribution is 7.81. The summed E-state index contributed by atoms with van der Waals surface area (Å²) in [7, 11) is -2.49. The Labute approximate surface area is 142 Å². The summed E-state index contributed by atoms with van der Waals surface area (Å²) in [6.07, 6.45) is 2.70. The Morgan fingerprint density at radius 1 is 1.14 bits per heavy atom. The van der Waals surface area contributed by atoms with Crippen molar-refractivity contribution in [3.05, 3.63) is 12.7 Å². The van der Waals surface area contributed by atoms with Gasteiger partial charge in [-0.3, -0.25) is 0 Å². The molecule has 0 spiro atoms. The molecule has 7 heteroatoms. The molecule has 0 saturated carbocycles. The van der Waals surface area contributed by atoms with Crippen LogP contribution in [-0.2, 0) is 18.0 Å². The summed E-state index contributed by atoms with van der Waals surface area (Å²) in [5, 5.41) is 3.57. The number of nitrogens with one attached hydrogen (secondary N) is 1. The van der Waals surface area contributed by atoms with Crippen LogP contribution in [-0.4, -0.2) is 60.2 Å². The second-order valence-corrected chi connectivity index (χ2v) is 8.23. The highest BCUT2D eigenvalue weighted by Gasteiger charge is 2.39. The third-order valence-electron chi connectivity index (χ3n) is 2.86. The minimum atomic E-state index is -2.49. The van der Waals surface area contributed by atoms with Crippen LogP contribution in [0, 0.1) is 0 Å². The molecule has 0 aliphatic carbocycles. The van der Waals surface area contributed by atoms with Crippen LogP contribution < -0.4 is 5.32 Å². The van der Waals surface area contributed by atoms with Gasteiger partial charge < -0.3 is 23.3 Å². The molecule has 22 heavy (non-hydrogen) atoms. The lowest BCUT2D eigenvalue weighted by Crippen LogP contribution is -2.46. The zero-order valence-corrected chi connectivity index (χ0v) is 16.2. The largest absolute Gasteiger partial charge is 0.500 e. The van der Waals surface area contributed by atoms with Crippen molar-refractivity contribution in [1.29, 1.82) is 0 Å². The van der Waals surface area contributed by atoms with Crippen LogP contribution in [0.25, 0.3) is 0 Å². The Balaban J connectivity index is 3.94. The summed E-state index contributed by atoms with van der Waals surface area (Å²) in [6.45, 7) is 14.3. The smallest absolute Gasteiger partial charge is 0.376 e. The van der Waals surface area contributed by atoms with Crippen LogP contribution in [0.2, 0.25) is 6.04 Å². The van der Waals surface area contributed by atoms with E-state index in [0.29, 0.717) is 33.0 Å². The van der Waals surface area contributed by atoms with Gasteiger partial charge in [0.2, 0.25) is 0 Å². The first kappa shape index (κ1) is 22.1. The van der Waals surface area contributed by atoms with E-state index >= 15 is 0 Å². The summed E-state index contributed by atoms with van der Waals surface area (Å²) in [6, 6.07) is 0.833. The first-order chi connectivity index (χ1) is 10.6. The van der Waals surface area contributed by atoms with Gasteiger partial charge in [0.05, 0.1) is 13.2 Å². The average molecular weight is 352 g/mol. The zero-order valence-electron chi connectivity index (χ0n) is 14.3. The Morgan fingerprint density at radius 3 is 2.23 bits per heavy atom. The summed E-state index contributed by atoms with van der Waals surface area (Å²) in [4.78, 5) is 0. The maximum atomic E-state index is 5.83. The van der Waals surface area contributed by atoms with Crippen molar-refractivity contribution in [3.8, 4) is 0 Å². The predicted octanol–water partition coefficient (Wildman–Crippen LogP) is 2.52. The van der Waals surface area contributed by atoms with Crippen molar-refractivity contribution in [1.82, 2.24) is 5.32 Å². The Bertz CT molecular complexity index is 255. The molecule has 0 saturated heterocycles. The molecule has 132 valence electrons. The molecule has 0 radical (unpaired) electrons. The molecule has 0 aromatic rings. The molecule has 0 aliphatic heterocycles. The maximum absolute atomic E-state index is 5.83. The third-order valence-corrected chi connectivity index (χ3v) is 6.34. The molecule has 1 unspecified atom stereocenters. The molecule has 0 heterocycles. The molecular weight excluding hydrogens is 318 g/mol. The predicted molar refractivity (Wildman–Crippen MR) is 96.7 cm³/mol. The van der Waals surface area contributed by atoms with Gasteiger partial charge >= 0.3 is 8.80 Å². The van der Waals surface area contributed by atoms with Crippen molar-refractivity contribution in [2.45, 2.75) is 38.5 Å². The third kappa shape index (κ3) is 10.8. The van der Waals surface area contributed by atoms with E-state index in [9.17, 15) is 0 Å². The SMILES string of the molecule is C=CCOCC(S)CNCCC[Si](OCC)(OCC)OCC. The number of hydrogen-bond acceptors (Lipinski definition) is 6. The second-order valence-electron chi connectivity index (χ2n) is 4.77. The molecule has 0 bridgehead atoms. The lowest BCUT2D eigenvalue weighted by molar-refractivity contribution is 0.0708. The molecule has 0 aromatic carbocycles. The van der Waals surface area contributed by atoms with Crippen molar-refractivity contribution in [2.75, 3.05) is 46.1 Å². The Morgan fingerprint density at radius 2 is 1.73 bits per heavy atom. The van der Waals surface area contributed by atoms with E-state index in [4.69, 9.17) is 18.0 Å². The highest BCUT2D eigenvalue weighted by atomic mass is 32.1. The van der Waals surface area contributed by atoms with Crippen LogP contribution in [0.1, 0.15) is 27.2 Å². The van der Waals surface area contributed by atoms with E-state index in [1.54, 1.807) is 6.08 Å². The lowest BCUT2D eigenvalue weighted by atomic mass is 10.4. The first-order valence-electron chi connectivity index (χ1n) is 8.13. The normalized spacial score (nSPS) is 13.3. The molecule has 5 nitrogen and oxygen atoms in total. The van der Waals surface area contributed by atoms with E-state index in [0.717, 1.165) is 25.6 Å². The quantitative estimate of drug-likeness (QED) is 0.194. The molecule has 0 amide bonds. The van der Waals surface area contributed by atoms with Gasteiger partial charge in [0, 0.05) is 37.7 Å². The van der Waals surface area contributed by atoms with Crippen LogP contribution >= 0.6 is 12.6 Å². The monoisotopic (exact) mass is 351 g/mol. The van der Waals surface area contributed by atoms with Gasteiger partial charge in [-0.25, -0.2) is 0 Å². The lowest BCUT2D eigenvalue weighted by Gasteiger charge is -2.28. The standard InChI is InChI=1S/C15H33NO4SSi/c1-5-11-17-14-15(21)13-16-10-9-12-22(18-6-2,19-7-3)20-8-4/h5,15-16,21H,1,6-14H2,2-4H3. The number of thiol groups is 1. The van der Waals surface area contributed by atoms with E-state index < -0.39 is 8.80 Å². The summed E-state index contributed by atoms with van der Waals surface area (Å²) < 4.78 is 22.8. The van der Waals surface area contributed by atoms with E-state index in [2.05, 4.69) is 24.5 Å². The van der Waals surface area contributed by atoms with E-state index in [1.165, 1.54) is 0 Å². The fraction of sp³-hybridized carbons (Fsp3) is 0.867. The van der Waals surface area contributed by atoms with Gasteiger partial charge in [-0.15, -0.1) is 6.58 Å². The van der Waals surface area contributed by atoms with Gasteiger partial charge in [0.25, 0.3) is 0 Å². The molecule has 0 aromatic heterocycles. The average Bonchev–Trinajstić information content (AvgIpc) is 2.48. The van der Waals surface area contributed by atoms with Crippen molar-refractivity contribution in [2.24, 2.45) is 0 Å². The fourth-order valence-electron chi connectivity index (χ4n) is 2.05. The Hall–Kier alpha value is 0.107. The molecule has 0 aliphatic rings. The molecule has 1 atom stereocenters. The van der Waals surface area contributed by atoms with Crippen LogP contribution in [0.15, 0.2) is 12.7 Å². The van der Waals surface area contributed by atoms with Gasteiger partial charge in [-0.1, -0.05) is 6.08 Å². The van der Waals surface area contributed by atoms with Crippen molar-refractivity contribution >= 4 is 21.4 Å². The summed E-state index contributed by atoms with van der Waals surface area (Å²) in [5.41, 5.74) is 0. The van der Waals surface area contributed by atoms with E-state index in [1.807, 2.05) is 20.8 Å². The molecule has 1 N–H and O–H groups in total. The maximum Gasteiger partial charge on any atom is 0.500 e. The second kappa shape index (κ2) is 14.7. The van der Waals surface area contributed by atoms with Crippen molar-refractivity contribution in [3.63, 3.8) is 0 Å². The molecule has 0 rings (SSSR count). The molecule has 0 fully saturated rings.